The van der Waals surface area contributed by atoms with Crippen LogP contribution in [0.1, 0.15) is 18.5 Å². The van der Waals surface area contributed by atoms with E-state index in [4.69, 9.17) is 14.2 Å². The average Bonchev–Trinajstić information content (AvgIpc) is 3.08. The van der Waals surface area contributed by atoms with Crippen LogP contribution in [0, 0.1) is 0 Å². The van der Waals surface area contributed by atoms with E-state index in [1.54, 1.807) is 21.1 Å². The van der Waals surface area contributed by atoms with Crippen molar-refractivity contribution in [3.63, 3.8) is 0 Å². The van der Waals surface area contributed by atoms with E-state index >= 15 is 0 Å². The van der Waals surface area contributed by atoms with Gasteiger partial charge in [0.05, 0.1) is 19.3 Å². The van der Waals surface area contributed by atoms with Crippen LogP contribution in [-0.2, 0) is 14.3 Å². The van der Waals surface area contributed by atoms with Crippen LogP contribution in [0.3, 0.4) is 0 Å². The van der Waals surface area contributed by atoms with Crippen molar-refractivity contribution < 1.29 is 19.0 Å². The summed E-state index contributed by atoms with van der Waals surface area (Å²) in [5.41, 5.74) is 1.76. The maximum Gasteiger partial charge on any atom is 0.338 e. The molecule has 0 amide bonds. The monoisotopic (exact) mass is 423 g/mol. The molecule has 9 nitrogen and oxygen atoms in total. The summed E-state index contributed by atoms with van der Waals surface area (Å²) in [6.45, 7) is 2.25. The second-order valence-electron chi connectivity index (χ2n) is 5.53. The number of tetrazole rings is 1. The zero-order valence-corrected chi connectivity index (χ0v) is 16.1. The number of esters is 1. The number of anilines is 1. The molecule has 1 atom stereocenters. The molecule has 0 bridgehead atoms. The minimum atomic E-state index is -0.584. The Morgan fingerprint density at radius 2 is 2.15 bits per heavy atom. The van der Waals surface area contributed by atoms with Gasteiger partial charge in [0.1, 0.15) is 18.4 Å². The van der Waals surface area contributed by atoms with Gasteiger partial charge >= 0.3 is 5.97 Å². The van der Waals surface area contributed by atoms with E-state index in [-0.39, 0.29) is 6.61 Å². The van der Waals surface area contributed by atoms with Gasteiger partial charge in [0.2, 0.25) is 5.95 Å². The number of hydrogen-bond donors (Lipinski definition) is 1. The van der Waals surface area contributed by atoms with E-state index in [1.165, 1.54) is 4.68 Å². The van der Waals surface area contributed by atoms with Crippen molar-refractivity contribution in [1.29, 1.82) is 0 Å². The van der Waals surface area contributed by atoms with E-state index in [2.05, 4.69) is 36.8 Å². The summed E-state index contributed by atoms with van der Waals surface area (Å²) >= 11 is 3.43. The molecule has 0 spiro atoms. The molecule has 1 unspecified atom stereocenters. The number of methoxy groups -OCH3 is 2. The molecule has 10 heteroatoms. The molecule has 138 valence electrons. The summed E-state index contributed by atoms with van der Waals surface area (Å²) in [4.78, 5) is 12.8. The van der Waals surface area contributed by atoms with Crippen molar-refractivity contribution in [2.75, 3.05) is 32.8 Å². The molecule has 0 aliphatic carbocycles. The topological polar surface area (TPSA) is 100 Å². The van der Waals surface area contributed by atoms with Gasteiger partial charge in [0.25, 0.3) is 0 Å². The van der Waals surface area contributed by atoms with Gasteiger partial charge in [-0.25, -0.2) is 4.79 Å². The van der Waals surface area contributed by atoms with Crippen LogP contribution in [0.4, 0.5) is 5.95 Å². The van der Waals surface area contributed by atoms with Crippen LogP contribution < -0.4 is 10.1 Å². The second kappa shape index (κ2) is 7.83. The number of allylic oxidation sites excluding steroid dienone is 1. The predicted octanol–water partition coefficient (Wildman–Crippen LogP) is 1.92. The van der Waals surface area contributed by atoms with Crippen LogP contribution >= 0.6 is 15.9 Å². The standard InChI is InChI=1S/C16H18BrN5O4/c1-9-13(15(23)26-7-6-24-2)14(22-16(18-9)19-20-21-22)11-5-4-10(17)8-12(11)25-3/h4-5,8,14H,6-7H2,1-3H3,(H,18,19,21). The lowest BCUT2D eigenvalue weighted by molar-refractivity contribution is -0.140. The molecular formula is C16H18BrN5O4. The fraction of sp³-hybridized carbons (Fsp3) is 0.375. The molecule has 1 aliphatic rings. The molecule has 2 aromatic rings. The van der Waals surface area contributed by atoms with Crippen molar-refractivity contribution in [2.24, 2.45) is 0 Å². The highest BCUT2D eigenvalue weighted by atomic mass is 79.9. The van der Waals surface area contributed by atoms with Crippen LogP contribution in [0.15, 0.2) is 33.9 Å². The fourth-order valence-corrected chi connectivity index (χ4v) is 3.11. The molecule has 0 fully saturated rings. The van der Waals surface area contributed by atoms with Crippen molar-refractivity contribution in [3.05, 3.63) is 39.5 Å². The molecule has 0 saturated carbocycles. The third kappa shape index (κ3) is 3.42. The number of carbonyl (C=O) groups excluding carboxylic acids is 1. The largest absolute Gasteiger partial charge is 0.496 e. The van der Waals surface area contributed by atoms with E-state index in [0.29, 0.717) is 29.6 Å². The molecule has 1 aromatic carbocycles. The first-order valence-electron chi connectivity index (χ1n) is 7.82. The number of fused-ring (bicyclic) bond motifs is 1. The minimum Gasteiger partial charge on any atom is -0.496 e. The van der Waals surface area contributed by atoms with Gasteiger partial charge in [-0.15, -0.1) is 0 Å². The Labute approximate surface area is 158 Å². The molecular weight excluding hydrogens is 406 g/mol. The number of carbonyl (C=O) groups is 1. The molecule has 0 saturated heterocycles. The Morgan fingerprint density at radius 1 is 1.35 bits per heavy atom. The molecule has 26 heavy (non-hydrogen) atoms. The number of nitrogens with one attached hydrogen (secondary N) is 1. The highest BCUT2D eigenvalue weighted by Gasteiger charge is 2.36. The summed E-state index contributed by atoms with van der Waals surface area (Å²) in [7, 11) is 3.11. The third-order valence-corrected chi connectivity index (χ3v) is 4.44. The number of benzene rings is 1. The Bertz CT molecular complexity index is 851. The number of hydrogen-bond acceptors (Lipinski definition) is 8. The summed E-state index contributed by atoms with van der Waals surface area (Å²) in [6, 6.07) is 4.97. The zero-order chi connectivity index (χ0) is 18.7. The molecule has 0 radical (unpaired) electrons. The normalized spacial score (nSPS) is 16.1. The Morgan fingerprint density at radius 3 is 2.88 bits per heavy atom. The van der Waals surface area contributed by atoms with Gasteiger partial charge < -0.3 is 19.5 Å². The van der Waals surface area contributed by atoms with Gasteiger partial charge in [0.15, 0.2) is 0 Å². The van der Waals surface area contributed by atoms with Crippen molar-refractivity contribution in [2.45, 2.75) is 13.0 Å². The summed E-state index contributed by atoms with van der Waals surface area (Å²) in [5.74, 6) is 0.566. The Balaban J connectivity index is 2.08. The third-order valence-electron chi connectivity index (χ3n) is 3.94. The van der Waals surface area contributed by atoms with Crippen LogP contribution in [0.2, 0.25) is 0 Å². The number of aromatic nitrogens is 4. The fourth-order valence-electron chi connectivity index (χ4n) is 2.77. The molecule has 2 heterocycles. The Kier molecular flexibility index (Phi) is 5.52. The predicted molar refractivity (Wildman–Crippen MR) is 95.8 cm³/mol. The van der Waals surface area contributed by atoms with Crippen molar-refractivity contribution >= 4 is 27.8 Å². The lowest BCUT2D eigenvalue weighted by Gasteiger charge is -2.28. The molecule has 1 aliphatic heterocycles. The smallest absolute Gasteiger partial charge is 0.338 e. The summed E-state index contributed by atoms with van der Waals surface area (Å²) in [6.07, 6.45) is 0. The lowest BCUT2D eigenvalue weighted by Crippen LogP contribution is -2.30. The van der Waals surface area contributed by atoms with Gasteiger partial charge in [-0.05, 0) is 29.5 Å². The number of halogens is 1. The van der Waals surface area contributed by atoms with Crippen molar-refractivity contribution in [3.8, 4) is 5.75 Å². The average molecular weight is 424 g/mol. The first-order chi connectivity index (χ1) is 12.6. The second-order valence-corrected chi connectivity index (χ2v) is 6.44. The van der Waals surface area contributed by atoms with Gasteiger partial charge in [-0.2, -0.15) is 4.68 Å². The van der Waals surface area contributed by atoms with Crippen molar-refractivity contribution in [1.82, 2.24) is 20.2 Å². The highest BCUT2D eigenvalue weighted by Crippen LogP contribution is 2.39. The molecule has 3 rings (SSSR count). The summed E-state index contributed by atoms with van der Waals surface area (Å²) < 4.78 is 18.2. The van der Waals surface area contributed by atoms with Gasteiger partial charge in [-0.1, -0.05) is 27.1 Å². The molecule has 1 N–H and O–H groups in total. The summed E-state index contributed by atoms with van der Waals surface area (Å²) in [5, 5.41) is 14.7. The lowest BCUT2D eigenvalue weighted by atomic mass is 9.95. The zero-order valence-electron chi connectivity index (χ0n) is 14.5. The van der Waals surface area contributed by atoms with Gasteiger partial charge in [0, 0.05) is 22.8 Å². The first-order valence-corrected chi connectivity index (χ1v) is 8.61. The van der Waals surface area contributed by atoms with Crippen LogP contribution in [0.25, 0.3) is 0 Å². The maximum atomic E-state index is 12.8. The number of rotatable bonds is 6. The Hall–Kier alpha value is -2.46. The maximum absolute atomic E-state index is 12.8. The van der Waals surface area contributed by atoms with Crippen LogP contribution in [0.5, 0.6) is 5.75 Å². The van der Waals surface area contributed by atoms with E-state index < -0.39 is 12.0 Å². The SMILES string of the molecule is COCCOC(=O)C1=C(C)Nc2nnnn2C1c1ccc(Br)cc1OC. The minimum absolute atomic E-state index is 0.152. The molecule has 1 aromatic heterocycles. The van der Waals surface area contributed by atoms with E-state index in [1.807, 2.05) is 18.2 Å². The highest BCUT2D eigenvalue weighted by molar-refractivity contribution is 9.10. The number of nitrogens with zero attached hydrogens (tertiary/aromatic N) is 4. The van der Waals surface area contributed by atoms with E-state index in [9.17, 15) is 4.79 Å². The quantitative estimate of drug-likeness (QED) is 0.555. The van der Waals surface area contributed by atoms with E-state index in [0.717, 1.165) is 10.0 Å². The number of ether oxygens (including phenoxy) is 3. The van der Waals surface area contributed by atoms with Gasteiger partial charge in [-0.3, -0.25) is 0 Å². The van der Waals surface area contributed by atoms with Crippen LogP contribution in [-0.4, -0.2) is 53.6 Å². The first kappa shape index (κ1) is 18.3.